The van der Waals surface area contributed by atoms with Gasteiger partial charge in [0.2, 0.25) is 0 Å². The van der Waals surface area contributed by atoms with Crippen LogP contribution in [0.3, 0.4) is 0 Å². The molecule has 0 amide bonds. The van der Waals surface area contributed by atoms with Crippen molar-refractivity contribution in [3.05, 3.63) is 0 Å². The normalized spacial score (nSPS) is 29.1. The molecule has 1 nitrogen and oxygen atoms in total. The van der Waals surface area contributed by atoms with Crippen molar-refractivity contribution in [3.8, 4) is 12.3 Å². The highest BCUT2D eigenvalue weighted by molar-refractivity contribution is 5.01. The van der Waals surface area contributed by atoms with Crippen molar-refractivity contribution in [2.75, 3.05) is 0 Å². The van der Waals surface area contributed by atoms with Gasteiger partial charge < -0.3 is 5.73 Å². The van der Waals surface area contributed by atoms with Crippen LogP contribution in [0.5, 0.6) is 0 Å². The Bertz CT molecular complexity index is 176. The second kappa shape index (κ2) is 2.87. The Hall–Kier alpha value is -0.480. The minimum Gasteiger partial charge on any atom is -0.327 e. The van der Waals surface area contributed by atoms with E-state index in [1.54, 1.807) is 0 Å². The van der Waals surface area contributed by atoms with Gasteiger partial charge in [0.1, 0.15) is 0 Å². The summed E-state index contributed by atoms with van der Waals surface area (Å²) in [6.45, 7) is 4.54. The van der Waals surface area contributed by atoms with E-state index in [1.807, 2.05) is 0 Å². The van der Waals surface area contributed by atoms with Gasteiger partial charge in [-0.15, -0.1) is 12.3 Å². The Kier molecular flexibility index (Phi) is 2.25. The third-order valence-corrected chi connectivity index (χ3v) is 2.73. The molecule has 0 radical (unpaired) electrons. The number of terminal acetylenes is 1. The molecule has 1 fully saturated rings. The van der Waals surface area contributed by atoms with Gasteiger partial charge in [-0.25, -0.2) is 0 Å². The van der Waals surface area contributed by atoms with Gasteiger partial charge >= 0.3 is 0 Å². The predicted octanol–water partition coefficient (Wildman–Crippen LogP) is 1.77. The number of nitrogens with two attached hydrogens (primary N) is 1. The highest BCUT2D eigenvalue weighted by atomic mass is 14.7. The van der Waals surface area contributed by atoms with Crippen molar-refractivity contribution < 1.29 is 0 Å². The molecule has 1 heteroatoms. The van der Waals surface area contributed by atoms with Crippen LogP contribution in [0.2, 0.25) is 0 Å². The fourth-order valence-corrected chi connectivity index (χ4v) is 1.69. The smallest absolute Gasteiger partial charge is 0.0101 e. The zero-order chi connectivity index (χ0) is 8.48. The molecule has 0 saturated heterocycles. The fraction of sp³-hybridized carbons (Fsp3) is 0.800. The van der Waals surface area contributed by atoms with E-state index in [4.69, 9.17) is 12.2 Å². The topological polar surface area (TPSA) is 26.0 Å². The van der Waals surface area contributed by atoms with Crippen molar-refractivity contribution in [3.63, 3.8) is 0 Å². The van der Waals surface area contributed by atoms with Crippen LogP contribution in [-0.2, 0) is 0 Å². The van der Waals surface area contributed by atoms with Crippen molar-refractivity contribution in [2.45, 2.75) is 39.2 Å². The van der Waals surface area contributed by atoms with Gasteiger partial charge in [-0.1, -0.05) is 13.8 Å². The van der Waals surface area contributed by atoms with Gasteiger partial charge in [-0.2, -0.15) is 0 Å². The molecule has 0 aliphatic heterocycles. The molecule has 0 spiro atoms. The molecule has 1 aliphatic carbocycles. The maximum atomic E-state index is 5.95. The number of hydrogen-bond donors (Lipinski definition) is 1. The van der Waals surface area contributed by atoms with E-state index in [-0.39, 0.29) is 0 Å². The van der Waals surface area contributed by atoms with Crippen LogP contribution < -0.4 is 5.73 Å². The maximum absolute atomic E-state index is 5.95. The standard InChI is InChI=1S/C10H17N/c1-4-5-6-9(11)8-7-10(8,2)3/h1,8-9H,5-7,11H2,2-3H3. The molecule has 1 aliphatic rings. The van der Waals surface area contributed by atoms with Gasteiger partial charge in [0.05, 0.1) is 0 Å². The highest BCUT2D eigenvalue weighted by Gasteiger charge is 2.48. The first kappa shape index (κ1) is 8.62. The Morgan fingerprint density at radius 3 is 2.64 bits per heavy atom. The molecule has 2 atom stereocenters. The highest BCUT2D eigenvalue weighted by Crippen LogP contribution is 2.53. The van der Waals surface area contributed by atoms with Crippen LogP contribution in [0, 0.1) is 23.7 Å². The fourth-order valence-electron chi connectivity index (χ4n) is 1.69. The lowest BCUT2D eigenvalue weighted by molar-refractivity contribution is 0.462. The summed E-state index contributed by atoms with van der Waals surface area (Å²) in [5.74, 6) is 3.35. The lowest BCUT2D eigenvalue weighted by atomic mass is 10.0. The van der Waals surface area contributed by atoms with Crippen LogP contribution in [0.4, 0.5) is 0 Å². The van der Waals surface area contributed by atoms with E-state index >= 15 is 0 Å². The van der Waals surface area contributed by atoms with Crippen LogP contribution in [0.25, 0.3) is 0 Å². The first-order valence-electron chi connectivity index (χ1n) is 4.27. The molecule has 11 heavy (non-hydrogen) atoms. The monoisotopic (exact) mass is 151 g/mol. The van der Waals surface area contributed by atoms with Gasteiger partial charge in [-0.05, 0) is 24.2 Å². The Balaban J connectivity index is 2.24. The second-order valence-corrected chi connectivity index (χ2v) is 4.21. The molecule has 1 rings (SSSR count). The summed E-state index contributed by atoms with van der Waals surface area (Å²) < 4.78 is 0. The lowest BCUT2D eigenvalue weighted by Gasteiger charge is -2.10. The molecule has 2 N–H and O–H groups in total. The van der Waals surface area contributed by atoms with E-state index < -0.39 is 0 Å². The van der Waals surface area contributed by atoms with E-state index in [1.165, 1.54) is 6.42 Å². The summed E-state index contributed by atoms with van der Waals surface area (Å²) in [5.41, 5.74) is 6.44. The molecule has 2 unspecified atom stereocenters. The molecular formula is C10H17N. The van der Waals surface area contributed by atoms with Crippen LogP contribution in [0.15, 0.2) is 0 Å². The average molecular weight is 151 g/mol. The molecule has 0 aromatic rings. The molecule has 62 valence electrons. The summed E-state index contributed by atoms with van der Waals surface area (Å²) in [7, 11) is 0. The molecule has 0 bridgehead atoms. The third kappa shape index (κ3) is 1.97. The quantitative estimate of drug-likeness (QED) is 0.611. The Morgan fingerprint density at radius 2 is 2.27 bits per heavy atom. The summed E-state index contributed by atoms with van der Waals surface area (Å²) >= 11 is 0. The molecule has 1 saturated carbocycles. The molecule has 0 aromatic carbocycles. The summed E-state index contributed by atoms with van der Waals surface area (Å²) in [6, 6.07) is 0.334. The summed E-state index contributed by atoms with van der Waals surface area (Å²) in [4.78, 5) is 0. The first-order chi connectivity index (χ1) is 5.08. The van der Waals surface area contributed by atoms with Crippen LogP contribution in [-0.4, -0.2) is 6.04 Å². The minimum absolute atomic E-state index is 0.334. The van der Waals surface area contributed by atoms with E-state index in [2.05, 4.69) is 19.8 Å². The van der Waals surface area contributed by atoms with Gasteiger partial charge in [0, 0.05) is 12.5 Å². The predicted molar refractivity (Wildman–Crippen MR) is 47.9 cm³/mol. The van der Waals surface area contributed by atoms with Crippen molar-refractivity contribution in [2.24, 2.45) is 17.1 Å². The first-order valence-corrected chi connectivity index (χ1v) is 4.27. The Labute approximate surface area is 69.4 Å². The zero-order valence-corrected chi connectivity index (χ0v) is 7.43. The van der Waals surface area contributed by atoms with Gasteiger partial charge in [-0.3, -0.25) is 0 Å². The van der Waals surface area contributed by atoms with E-state index in [0.29, 0.717) is 11.5 Å². The average Bonchev–Trinajstić information content (AvgIpc) is 2.55. The minimum atomic E-state index is 0.334. The number of hydrogen-bond acceptors (Lipinski definition) is 1. The van der Waals surface area contributed by atoms with Crippen LogP contribution >= 0.6 is 0 Å². The van der Waals surface area contributed by atoms with Gasteiger partial charge in [0.25, 0.3) is 0 Å². The lowest BCUT2D eigenvalue weighted by Crippen LogP contribution is -2.24. The Morgan fingerprint density at radius 1 is 1.73 bits per heavy atom. The van der Waals surface area contributed by atoms with E-state index in [9.17, 15) is 0 Å². The van der Waals surface area contributed by atoms with E-state index in [0.717, 1.165) is 18.8 Å². The second-order valence-electron chi connectivity index (χ2n) is 4.21. The molecule has 0 heterocycles. The number of rotatable bonds is 3. The third-order valence-electron chi connectivity index (χ3n) is 2.73. The van der Waals surface area contributed by atoms with Gasteiger partial charge in [0.15, 0.2) is 0 Å². The van der Waals surface area contributed by atoms with Crippen molar-refractivity contribution in [1.29, 1.82) is 0 Å². The largest absolute Gasteiger partial charge is 0.327 e. The summed E-state index contributed by atoms with van der Waals surface area (Å²) in [6.07, 6.45) is 8.25. The van der Waals surface area contributed by atoms with Crippen molar-refractivity contribution >= 4 is 0 Å². The maximum Gasteiger partial charge on any atom is 0.0101 e. The summed E-state index contributed by atoms with van der Waals surface area (Å²) in [5, 5.41) is 0. The zero-order valence-electron chi connectivity index (χ0n) is 7.43. The van der Waals surface area contributed by atoms with Crippen molar-refractivity contribution in [1.82, 2.24) is 0 Å². The van der Waals surface area contributed by atoms with Crippen LogP contribution in [0.1, 0.15) is 33.1 Å². The molecule has 0 aromatic heterocycles. The molecular weight excluding hydrogens is 134 g/mol. The SMILES string of the molecule is C#CCCC(N)C1CC1(C)C.